The fraction of sp³-hybridized carbons (Fsp3) is 0.357. The molecule has 1 amide bonds. The lowest BCUT2D eigenvalue weighted by Gasteiger charge is -2.24. The number of hydrogen-bond acceptors (Lipinski definition) is 3. The Bertz CT molecular complexity index is 574. The highest BCUT2D eigenvalue weighted by Crippen LogP contribution is 2.28. The molecule has 0 unspecified atom stereocenters. The van der Waals surface area contributed by atoms with Crippen LogP contribution in [0.2, 0.25) is 0 Å². The average molecular weight is 262 g/mol. The molecule has 0 saturated heterocycles. The van der Waals surface area contributed by atoms with E-state index < -0.39 is 0 Å². The summed E-state index contributed by atoms with van der Waals surface area (Å²) < 4.78 is 1.10. The third-order valence-electron chi connectivity index (χ3n) is 2.98. The Kier molecular flexibility index (Phi) is 3.57. The van der Waals surface area contributed by atoms with Gasteiger partial charge in [-0.15, -0.1) is 11.3 Å². The van der Waals surface area contributed by atoms with Crippen molar-refractivity contribution in [2.45, 2.75) is 26.8 Å². The van der Waals surface area contributed by atoms with Gasteiger partial charge in [-0.05, 0) is 50.4 Å². The van der Waals surface area contributed by atoms with Crippen molar-refractivity contribution in [3.8, 4) is 0 Å². The zero-order valence-electron chi connectivity index (χ0n) is 10.9. The van der Waals surface area contributed by atoms with Crippen LogP contribution < -0.4 is 5.73 Å². The number of benzene rings is 1. The Morgan fingerprint density at radius 3 is 2.72 bits per heavy atom. The van der Waals surface area contributed by atoms with Gasteiger partial charge in [0.1, 0.15) is 0 Å². The van der Waals surface area contributed by atoms with Gasteiger partial charge in [-0.25, -0.2) is 0 Å². The van der Waals surface area contributed by atoms with E-state index in [0.717, 1.165) is 27.2 Å². The molecule has 0 bridgehead atoms. The van der Waals surface area contributed by atoms with E-state index in [1.54, 1.807) is 0 Å². The van der Waals surface area contributed by atoms with E-state index in [0.29, 0.717) is 0 Å². The minimum Gasteiger partial charge on any atom is -0.399 e. The quantitative estimate of drug-likeness (QED) is 0.862. The van der Waals surface area contributed by atoms with Gasteiger partial charge >= 0.3 is 0 Å². The van der Waals surface area contributed by atoms with Gasteiger partial charge in [-0.2, -0.15) is 0 Å². The van der Waals surface area contributed by atoms with Crippen LogP contribution in [0.5, 0.6) is 0 Å². The Hall–Kier alpha value is -1.55. The maximum atomic E-state index is 12.4. The molecule has 0 saturated carbocycles. The summed E-state index contributed by atoms with van der Waals surface area (Å²) in [5.74, 6) is 0.104. The van der Waals surface area contributed by atoms with Crippen molar-refractivity contribution < 1.29 is 4.79 Å². The first-order valence-corrected chi connectivity index (χ1v) is 6.94. The molecule has 0 atom stereocenters. The van der Waals surface area contributed by atoms with E-state index in [1.807, 2.05) is 49.9 Å². The lowest BCUT2D eigenvalue weighted by atomic mass is 10.2. The van der Waals surface area contributed by atoms with Crippen molar-refractivity contribution in [2.24, 2.45) is 0 Å². The maximum Gasteiger partial charge on any atom is 0.264 e. The first kappa shape index (κ1) is 12.9. The van der Waals surface area contributed by atoms with Crippen LogP contribution in [-0.2, 0) is 0 Å². The topological polar surface area (TPSA) is 46.3 Å². The van der Waals surface area contributed by atoms with Crippen LogP contribution in [0.15, 0.2) is 24.3 Å². The Balaban J connectivity index is 2.39. The number of nitrogens with zero attached hydrogens (tertiary/aromatic N) is 1. The van der Waals surface area contributed by atoms with Crippen LogP contribution in [0.25, 0.3) is 10.1 Å². The molecule has 0 fully saturated rings. The standard InChI is InChI=1S/C14H18N2OS/c1-4-16(9(2)3)14(17)13-8-10-7-11(15)5-6-12(10)18-13/h5-9H,4,15H2,1-3H3. The fourth-order valence-electron chi connectivity index (χ4n) is 2.05. The summed E-state index contributed by atoms with van der Waals surface area (Å²) in [5.41, 5.74) is 6.48. The summed E-state index contributed by atoms with van der Waals surface area (Å²) in [4.78, 5) is 15.0. The second-order valence-corrected chi connectivity index (χ2v) is 5.68. The van der Waals surface area contributed by atoms with Gasteiger partial charge in [-0.3, -0.25) is 4.79 Å². The van der Waals surface area contributed by atoms with Crippen molar-refractivity contribution in [1.29, 1.82) is 0 Å². The van der Waals surface area contributed by atoms with Crippen LogP contribution >= 0.6 is 11.3 Å². The van der Waals surface area contributed by atoms with Crippen molar-refractivity contribution in [3.05, 3.63) is 29.1 Å². The number of hydrogen-bond donors (Lipinski definition) is 1. The molecule has 0 aliphatic heterocycles. The molecule has 1 aromatic heterocycles. The molecule has 1 aromatic carbocycles. The number of anilines is 1. The molecule has 0 aliphatic carbocycles. The largest absolute Gasteiger partial charge is 0.399 e. The first-order valence-electron chi connectivity index (χ1n) is 6.13. The van der Waals surface area contributed by atoms with Crippen LogP contribution in [-0.4, -0.2) is 23.4 Å². The monoisotopic (exact) mass is 262 g/mol. The molecule has 4 heteroatoms. The molecule has 2 rings (SSSR count). The number of nitrogen functional groups attached to an aromatic ring is 1. The fourth-order valence-corrected chi connectivity index (χ4v) is 3.05. The summed E-state index contributed by atoms with van der Waals surface area (Å²) >= 11 is 1.53. The lowest BCUT2D eigenvalue weighted by molar-refractivity contribution is 0.0722. The summed E-state index contributed by atoms with van der Waals surface area (Å²) in [6.07, 6.45) is 0. The van der Waals surface area contributed by atoms with Gasteiger partial charge in [0.25, 0.3) is 5.91 Å². The molecular formula is C14H18N2OS. The zero-order chi connectivity index (χ0) is 13.3. The van der Waals surface area contributed by atoms with Crippen LogP contribution in [0.3, 0.4) is 0 Å². The number of fused-ring (bicyclic) bond motifs is 1. The summed E-state index contributed by atoms with van der Waals surface area (Å²) in [6, 6.07) is 7.90. The molecule has 0 radical (unpaired) electrons. The molecule has 2 aromatic rings. The van der Waals surface area contributed by atoms with E-state index in [1.165, 1.54) is 11.3 Å². The smallest absolute Gasteiger partial charge is 0.264 e. The minimum absolute atomic E-state index is 0.104. The molecule has 3 nitrogen and oxygen atoms in total. The third kappa shape index (κ3) is 2.34. The highest BCUT2D eigenvalue weighted by molar-refractivity contribution is 7.20. The summed E-state index contributed by atoms with van der Waals surface area (Å²) in [6.45, 7) is 6.80. The van der Waals surface area contributed by atoms with Crippen LogP contribution in [0.4, 0.5) is 5.69 Å². The van der Waals surface area contributed by atoms with E-state index in [-0.39, 0.29) is 11.9 Å². The van der Waals surface area contributed by atoms with Crippen molar-refractivity contribution >= 4 is 33.0 Å². The van der Waals surface area contributed by atoms with Gasteiger partial charge in [0.15, 0.2) is 0 Å². The summed E-state index contributed by atoms with van der Waals surface area (Å²) in [5, 5.41) is 1.04. The van der Waals surface area contributed by atoms with Crippen molar-refractivity contribution in [3.63, 3.8) is 0 Å². The lowest BCUT2D eigenvalue weighted by Crippen LogP contribution is -2.36. The first-order chi connectivity index (χ1) is 8.52. The zero-order valence-corrected chi connectivity index (χ0v) is 11.8. The van der Waals surface area contributed by atoms with Gasteiger partial charge in [0.05, 0.1) is 4.88 Å². The van der Waals surface area contributed by atoms with Crippen LogP contribution in [0.1, 0.15) is 30.4 Å². The maximum absolute atomic E-state index is 12.4. The SMILES string of the molecule is CCN(C(=O)c1cc2cc(N)ccc2s1)C(C)C. The van der Waals surface area contributed by atoms with Gasteiger partial charge in [-0.1, -0.05) is 0 Å². The second-order valence-electron chi connectivity index (χ2n) is 4.59. The molecule has 0 aliphatic rings. The molecule has 1 heterocycles. The molecule has 18 heavy (non-hydrogen) atoms. The van der Waals surface area contributed by atoms with Crippen molar-refractivity contribution in [2.75, 3.05) is 12.3 Å². The number of rotatable bonds is 3. The highest BCUT2D eigenvalue weighted by atomic mass is 32.1. The number of carbonyl (C=O) groups excluding carboxylic acids is 1. The van der Waals surface area contributed by atoms with Gasteiger partial charge < -0.3 is 10.6 Å². The van der Waals surface area contributed by atoms with Crippen LogP contribution in [0, 0.1) is 0 Å². The number of carbonyl (C=O) groups is 1. The third-order valence-corrected chi connectivity index (χ3v) is 4.08. The molecule has 2 N–H and O–H groups in total. The number of thiophene rings is 1. The average Bonchev–Trinajstić information content (AvgIpc) is 2.72. The van der Waals surface area contributed by atoms with E-state index in [4.69, 9.17) is 5.73 Å². The van der Waals surface area contributed by atoms with Gasteiger partial charge in [0.2, 0.25) is 0 Å². The van der Waals surface area contributed by atoms with E-state index in [2.05, 4.69) is 0 Å². The minimum atomic E-state index is 0.104. The number of nitrogens with two attached hydrogens (primary N) is 1. The second kappa shape index (κ2) is 4.98. The Morgan fingerprint density at radius 2 is 2.11 bits per heavy atom. The number of amides is 1. The van der Waals surface area contributed by atoms with E-state index in [9.17, 15) is 4.79 Å². The van der Waals surface area contributed by atoms with E-state index >= 15 is 0 Å². The predicted molar refractivity (Wildman–Crippen MR) is 78.1 cm³/mol. The molecule has 0 spiro atoms. The Morgan fingerprint density at radius 1 is 1.39 bits per heavy atom. The Labute approximate surface area is 111 Å². The summed E-state index contributed by atoms with van der Waals surface area (Å²) in [7, 11) is 0. The van der Waals surface area contributed by atoms with Gasteiger partial charge in [0, 0.05) is 23.0 Å². The normalized spacial score (nSPS) is 11.1. The molecular weight excluding hydrogens is 244 g/mol. The molecule has 96 valence electrons. The highest BCUT2D eigenvalue weighted by Gasteiger charge is 2.19. The van der Waals surface area contributed by atoms with Crippen molar-refractivity contribution in [1.82, 2.24) is 4.90 Å². The predicted octanol–water partition coefficient (Wildman–Crippen LogP) is 3.35.